The van der Waals surface area contributed by atoms with Gasteiger partial charge in [0.1, 0.15) is 5.82 Å². The zero-order valence-corrected chi connectivity index (χ0v) is 14.2. The van der Waals surface area contributed by atoms with E-state index in [4.69, 9.17) is 5.73 Å². The molecule has 1 fully saturated rings. The van der Waals surface area contributed by atoms with Gasteiger partial charge in [0.25, 0.3) is 5.95 Å². The molecule has 1 aromatic heterocycles. The lowest BCUT2D eigenvalue weighted by Gasteiger charge is -2.16. The van der Waals surface area contributed by atoms with Gasteiger partial charge in [-0.1, -0.05) is 6.07 Å². The van der Waals surface area contributed by atoms with Crippen LogP contribution >= 0.6 is 0 Å². The van der Waals surface area contributed by atoms with Gasteiger partial charge < -0.3 is 16.0 Å². The number of hydrogen-bond acceptors (Lipinski definition) is 4. The van der Waals surface area contributed by atoms with E-state index in [2.05, 4.69) is 25.2 Å². The van der Waals surface area contributed by atoms with Crippen LogP contribution in [0.2, 0.25) is 0 Å². The molecule has 26 heavy (non-hydrogen) atoms. The molecular formula is C17H19F3N6. The van der Waals surface area contributed by atoms with Crippen LogP contribution in [0.4, 0.5) is 30.6 Å². The Labute approximate surface area is 149 Å². The van der Waals surface area contributed by atoms with E-state index in [1.165, 1.54) is 12.1 Å². The molecule has 6 nitrogen and oxygen atoms in total. The largest absolute Gasteiger partial charge is 0.416 e. The number of alkyl halides is 3. The van der Waals surface area contributed by atoms with Crippen molar-refractivity contribution in [3.8, 4) is 0 Å². The second-order valence-corrected chi connectivity index (χ2v) is 6.06. The van der Waals surface area contributed by atoms with Crippen molar-refractivity contribution in [1.82, 2.24) is 9.97 Å². The maximum atomic E-state index is 12.8. The lowest BCUT2D eigenvalue weighted by molar-refractivity contribution is -0.137. The minimum absolute atomic E-state index is 0.0812. The first-order chi connectivity index (χ1) is 12.3. The quantitative estimate of drug-likeness (QED) is 0.644. The summed E-state index contributed by atoms with van der Waals surface area (Å²) >= 11 is 0. The monoisotopic (exact) mass is 364 g/mol. The molecule has 1 aliphatic rings. The number of aromatic nitrogens is 2. The van der Waals surface area contributed by atoms with Gasteiger partial charge in [0, 0.05) is 30.5 Å². The van der Waals surface area contributed by atoms with E-state index >= 15 is 0 Å². The van der Waals surface area contributed by atoms with E-state index in [0.29, 0.717) is 0 Å². The summed E-state index contributed by atoms with van der Waals surface area (Å²) in [5.74, 6) is 0.867. The summed E-state index contributed by atoms with van der Waals surface area (Å²) in [5, 5.41) is 2.65. The van der Waals surface area contributed by atoms with Gasteiger partial charge in [-0.05, 0) is 38.0 Å². The smallest absolute Gasteiger partial charge is 0.369 e. The lowest BCUT2D eigenvalue weighted by Crippen LogP contribution is -2.23. The summed E-state index contributed by atoms with van der Waals surface area (Å²) in [5.41, 5.74) is 5.98. The molecule has 3 rings (SSSR count). The molecule has 138 valence electrons. The number of anilines is 2. The van der Waals surface area contributed by atoms with Crippen molar-refractivity contribution in [1.29, 1.82) is 0 Å². The van der Waals surface area contributed by atoms with Crippen molar-refractivity contribution in [2.45, 2.75) is 25.9 Å². The van der Waals surface area contributed by atoms with E-state index in [0.717, 1.165) is 49.6 Å². The van der Waals surface area contributed by atoms with Crippen LogP contribution in [0.25, 0.3) is 0 Å². The predicted molar refractivity (Wildman–Crippen MR) is 94.6 cm³/mol. The molecule has 9 heteroatoms. The Morgan fingerprint density at radius 3 is 2.62 bits per heavy atom. The predicted octanol–water partition coefficient (Wildman–Crippen LogP) is 3.46. The van der Waals surface area contributed by atoms with Gasteiger partial charge in [-0.2, -0.15) is 23.1 Å². The number of aryl methyl sites for hydroxylation is 1. The highest BCUT2D eigenvalue weighted by Gasteiger charge is 2.30. The third kappa shape index (κ3) is 4.41. The number of guanidine groups is 1. The van der Waals surface area contributed by atoms with Crippen LogP contribution in [0, 0.1) is 6.92 Å². The average molecular weight is 364 g/mol. The van der Waals surface area contributed by atoms with Crippen LogP contribution in [0.3, 0.4) is 0 Å². The molecule has 2 heterocycles. The van der Waals surface area contributed by atoms with Crippen LogP contribution in [0.5, 0.6) is 0 Å². The molecule has 2 aromatic rings. The molecule has 0 aliphatic carbocycles. The van der Waals surface area contributed by atoms with Crippen molar-refractivity contribution >= 4 is 23.4 Å². The fraction of sp³-hybridized carbons (Fsp3) is 0.353. The van der Waals surface area contributed by atoms with Gasteiger partial charge in [-0.3, -0.25) is 0 Å². The molecule has 0 radical (unpaired) electrons. The van der Waals surface area contributed by atoms with Crippen LogP contribution in [-0.4, -0.2) is 29.0 Å². The SMILES string of the molecule is Cc1cc(N2CCCC2)nc(N=C(N)Nc2cccc(C(F)(F)F)c2)n1. The maximum absolute atomic E-state index is 12.8. The van der Waals surface area contributed by atoms with Crippen LogP contribution < -0.4 is 16.0 Å². The summed E-state index contributed by atoms with van der Waals surface area (Å²) < 4.78 is 38.3. The van der Waals surface area contributed by atoms with Gasteiger partial charge in [-0.15, -0.1) is 0 Å². The van der Waals surface area contributed by atoms with Gasteiger partial charge in [0.2, 0.25) is 5.96 Å². The molecule has 0 bridgehead atoms. The highest BCUT2D eigenvalue weighted by molar-refractivity contribution is 5.93. The minimum atomic E-state index is -4.42. The first kappa shape index (κ1) is 18.0. The Bertz CT molecular complexity index is 812. The number of aliphatic imine (C=N–C) groups is 1. The number of halogens is 3. The molecule has 1 aliphatic heterocycles. The first-order valence-electron chi connectivity index (χ1n) is 8.20. The van der Waals surface area contributed by atoms with E-state index in [-0.39, 0.29) is 17.6 Å². The Morgan fingerprint density at radius 2 is 1.92 bits per heavy atom. The van der Waals surface area contributed by atoms with Gasteiger partial charge >= 0.3 is 6.18 Å². The number of nitrogens with zero attached hydrogens (tertiary/aromatic N) is 4. The third-order valence-corrected chi connectivity index (χ3v) is 3.94. The Morgan fingerprint density at radius 1 is 1.19 bits per heavy atom. The number of benzene rings is 1. The number of nitrogens with two attached hydrogens (primary N) is 1. The van der Waals surface area contributed by atoms with Crippen LogP contribution in [0.1, 0.15) is 24.1 Å². The molecule has 3 N–H and O–H groups in total. The second-order valence-electron chi connectivity index (χ2n) is 6.06. The molecule has 1 aromatic carbocycles. The molecule has 0 unspecified atom stereocenters. The highest BCUT2D eigenvalue weighted by atomic mass is 19.4. The summed E-state index contributed by atoms with van der Waals surface area (Å²) in [6, 6.07) is 6.61. The van der Waals surface area contributed by atoms with Gasteiger partial charge in [0.15, 0.2) is 0 Å². The number of hydrogen-bond donors (Lipinski definition) is 2. The first-order valence-corrected chi connectivity index (χ1v) is 8.20. The van der Waals surface area contributed by atoms with Crippen molar-refractivity contribution < 1.29 is 13.2 Å². The van der Waals surface area contributed by atoms with Crippen molar-refractivity contribution in [3.05, 3.63) is 41.6 Å². The molecule has 0 spiro atoms. The zero-order chi connectivity index (χ0) is 18.7. The summed E-state index contributed by atoms with van der Waals surface area (Å²) in [7, 11) is 0. The number of nitrogens with one attached hydrogen (secondary N) is 1. The van der Waals surface area contributed by atoms with E-state index < -0.39 is 11.7 Å². The van der Waals surface area contributed by atoms with Crippen molar-refractivity contribution in [2.75, 3.05) is 23.3 Å². The molecule has 0 saturated carbocycles. The van der Waals surface area contributed by atoms with Gasteiger partial charge in [-0.25, -0.2) is 4.98 Å². The molecule has 0 amide bonds. The maximum Gasteiger partial charge on any atom is 0.416 e. The Hall–Kier alpha value is -2.84. The fourth-order valence-corrected chi connectivity index (χ4v) is 2.75. The standard InChI is InChI=1S/C17H19F3N6/c1-11-9-14(26-7-2-3-8-26)24-16(22-11)25-15(21)23-13-6-4-5-12(10-13)17(18,19)20/h4-6,9-10H,2-3,7-8H2,1H3,(H3,21,22,23,24,25). The van der Waals surface area contributed by atoms with Crippen LogP contribution in [-0.2, 0) is 6.18 Å². The third-order valence-electron chi connectivity index (χ3n) is 3.94. The number of rotatable bonds is 3. The normalized spacial score (nSPS) is 15.4. The van der Waals surface area contributed by atoms with Crippen molar-refractivity contribution in [2.24, 2.45) is 10.7 Å². The van der Waals surface area contributed by atoms with Crippen molar-refractivity contribution in [3.63, 3.8) is 0 Å². The Balaban J connectivity index is 1.79. The zero-order valence-electron chi connectivity index (χ0n) is 14.2. The Kier molecular flexibility index (Phi) is 4.97. The second kappa shape index (κ2) is 7.19. The molecule has 0 atom stereocenters. The summed E-state index contributed by atoms with van der Waals surface area (Å²) in [6.07, 6.45) is -2.20. The average Bonchev–Trinajstić information content (AvgIpc) is 3.08. The topological polar surface area (TPSA) is 79.4 Å². The van der Waals surface area contributed by atoms with E-state index in [9.17, 15) is 13.2 Å². The van der Waals surface area contributed by atoms with E-state index in [1.54, 1.807) is 0 Å². The minimum Gasteiger partial charge on any atom is -0.369 e. The summed E-state index contributed by atoms with van der Waals surface area (Å²) in [4.78, 5) is 14.8. The molecular weight excluding hydrogens is 345 g/mol. The fourth-order valence-electron chi connectivity index (χ4n) is 2.75. The lowest BCUT2D eigenvalue weighted by atomic mass is 10.2. The summed E-state index contributed by atoms with van der Waals surface area (Å²) in [6.45, 7) is 3.69. The molecule has 1 saturated heterocycles. The highest BCUT2D eigenvalue weighted by Crippen LogP contribution is 2.30. The van der Waals surface area contributed by atoms with Crippen LogP contribution in [0.15, 0.2) is 35.3 Å². The van der Waals surface area contributed by atoms with Gasteiger partial charge in [0.05, 0.1) is 5.56 Å². The van der Waals surface area contributed by atoms with E-state index in [1.807, 2.05) is 13.0 Å².